The molecule has 0 aromatic heterocycles. The summed E-state index contributed by atoms with van der Waals surface area (Å²) in [6.45, 7) is 0. The van der Waals surface area contributed by atoms with E-state index in [1.807, 2.05) is 78.9 Å². The molecule has 0 aliphatic heterocycles. The molecule has 154 valence electrons. The van der Waals surface area contributed by atoms with Crippen molar-refractivity contribution in [3.05, 3.63) is 155 Å². The van der Waals surface area contributed by atoms with Crippen LogP contribution in [0.15, 0.2) is 127 Å². The summed E-state index contributed by atoms with van der Waals surface area (Å²) in [6, 6.07) is 42.6. The van der Waals surface area contributed by atoms with Crippen LogP contribution in [0.1, 0.15) is 32.6 Å². The smallest absolute Gasteiger partial charge is 0.336 e. The van der Waals surface area contributed by atoms with E-state index < -0.39 is 11.4 Å². The van der Waals surface area contributed by atoms with Gasteiger partial charge in [0, 0.05) is 5.39 Å². The maximum Gasteiger partial charge on any atom is 0.336 e. The lowest BCUT2D eigenvalue weighted by Gasteiger charge is -2.38. The van der Waals surface area contributed by atoms with E-state index in [4.69, 9.17) is 0 Å². The Bertz CT molecular complexity index is 1270. The molecule has 0 atom stereocenters. The first kappa shape index (κ1) is 19.8. The van der Waals surface area contributed by atoms with Gasteiger partial charge in [-0.2, -0.15) is 0 Å². The van der Waals surface area contributed by atoms with Gasteiger partial charge in [0.2, 0.25) is 0 Å². The number of rotatable bonds is 5. The molecular formula is C30H22O2. The van der Waals surface area contributed by atoms with Crippen molar-refractivity contribution in [3.8, 4) is 0 Å². The molecule has 32 heavy (non-hydrogen) atoms. The van der Waals surface area contributed by atoms with E-state index in [0.717, 1.165) is 33.0 Å². The van der Waals surface area contributed by atoms with E-state index in [0.29, 0.717) is 5.56 Å². The summed E-state index contributed by atoms with van der Waals surface area (Å²) in [5, 5.41) is 11.8. The van der Waals surface area contributed by atoms with Gasteiger partial charge in [-0.3, -0.25) is 0 Å². The van der Waals surface area contributed by atoms with E-state index in [-0.39, 0.29) is 0 Å². The molecule has 1 N–H and O–H groups in total. The molecule has 5 aromatic rings. The van der Waals surface area contributed by atoms with Gasteiger partial charge in [-0.25, -0.2) is 4.79 Å². The summed E-state index contributed by atoms with van der Waals surface area (Å²) in [6.07, 6.45) is 0. The lowest BCUT2D eigenvalue weighted by atomic mass is 9.64. The quantitative estimate of drug-likeness (QED) is 0.317. The minimum atomic E-state index is -0.925. The molecule has 0 bridgehead atoms. The predicted molar refractivity (Wildman–Crippen MR) is 129 cm³/mol. The topological polar surface area (TPSA) is 37.3 Å². The average Bonchev–Trinajstić information content (AvgIpc) is 2.86. The molecule has 0 spiro atoms. The van der Waals surface area contributed by atoms with Gasteiger partial charge in [0.1, 0.15) is 0 Å². The third-order valence-electron chi connectivity index (χ3n) is 6.16. The molecule has 0 unspecified atom stereocenters. The Morgan fingerprint density at radius 1 is 0.531 bits per heavy atom. The fourth-order valence-corrected chi connectivity index (χ4v) is 4.86. The van der Waals surface area contributed by atoms with Crippen LogP contribution in [-0.2, 0) is 5.41 Å². The van der Waals surface area contributed by atoms with Gasteiger partial charge in [-0.15, -0.1) is 0 Å². The van der Waals surface area contributed by atoms with Crippen LogP contribution < -0.4 is 0 Å². The van der Waals surface area contributed by atoms with Crippen molar-refractivity contribution in [1.82, 2.24) is 0 Å². The Hall–Kier alpha value is -4.17. The van der Waals surface area contributed by atoms with Crippen LogP contribution in [0.25, 0.3) is 10.8 Å². The van der Waals surface area contributed by atoms with E-state index in [2.05, 4.69) is 42.5 Å². The second-order valence-corrected chi connectivity index (χ2v) is 7.86. The van der Waals surface area contributed by atoms with Crippen molar-refractivity contribution in [2.24, 2.45) is 0 Å². The van der Waals surface area contributed by atoms with Crippen LogP contribution in [0.4, 0.5) is 0 Å². The van der Waals surface area contributed by atoms with Crippen molar-refractivity contribution < 1.29 is 9.90 Å². The molecule has 0 aliphatic rings. The first-order valence-electron chi connectivity index (χ1n) is 10.6. The molecular weight excluding hydrogens is 392 g/mol. The summed E-state index contributed by atoms with van der Waals surface area (Å²) in [5.74, 6) is -0.925. The molecule has 5 aromatic carbocycles. The maximum absolute atomic E-state index is 12.3. The minimum absolute atomic E-state index is 0.310. The second kappa shape index (κ2) is 8.16. The SMILES string of the molecule is O=C(O)c1cccc2cccc(C(c3ccccc3)(c3ccccc3)c3ccccc3)c12. The molecule has 0 saturated carbocycles. The largest absolute Gasteiger partial charge is 0.478 e. The van der Waals surface area contributed by atoms with Gasteiger partial charge in [-0.05, 0) is 33.7 Å². The molecule has 0 fully saturated rings. The number of carboxylic acids is 1. The Balaban J connectivity index is 2.03. The highest BCUT2D eigenvalue weighted by atomic mass is 16.4. The summed E-state index contributed by atoms with van der Waals surface area (Å²) in [5.41, 5.74) is 3.84. The molecule has 5 rings (SSSR count). The average molecular weight is 415 g/mol. The highest BCUT2D eigenvalue weighted by Gasteiger charge is 2.40. The van der Waals surface area contributed by atoms with Crippen molar-refractivity contribution in [3.63, 3.8) is 0 Å². The number of carboxylic acid groups (broad SMARTS) is 1. The highest BCUT2D eigenvalue weighted by Crippen LogP contribution is 2.47. The molecule has 0 heterocycles. The first-order valence-corrected chi connectivity index (χ1v) is 10.6. The normalized spacial score (nSPS) is 11.4. The highest BCUT2D eigenvalue weighted by molar-refractivity contribution is 6.06. The van der Waals surface area contributed by atoms with Crippen molar-refractivity contribution in [2.45, 2.75) is 5.41 Å². The Labute approximate surface area is 187 Å². The third kappa shape index (κ3) is 3.09. The zero-order valence-corrected chi connectivity index (χ0v) is 17.5. The van der Waals surface area contributed by atoms with E-state index in [9.17, 15) is 9.90 Å². The standard InChI is InChI=1S/C30H22O2/c31-29(32)26-20-10-12-22-13-11-21-27(28(22)26)30(23-14-4-1-5-15-23,24-16-6-2-7-17-24)25-18-8-3-9-19-25/h1-21H,(H,31,32). The van der Waals surface area contributed by atoms with Crippen LogP contribution in [0.3, 0.4) is 0 Å². The van der Waals surface area contributed by atoms with Crippen molar-refractivity contribution >= 4 is 16.7 Å². The van der Waals surface area contributed by atoms with Crippen molar-refractivity contribution in [2.75, 3.05) is 0 Å². The lowest BCUT2D eigenvalue weighted by Crippen LogP contribution is -2.31. The zero-order valence-electron chi connectivity index (χ0n) is 17.5. The van der Waals surface area contributed by atoms with Crippen LogP contribution in [0.2, 0.25) is 0 Å². The van der Waals surface area contributed by atoms with Gasteiger partial charge < -0.3 is 5.11 Å². The van der Waals surface area contributed by atoms with E-state index in [1.165, 1.54) is 0 Å². The number of hydrogen-bond donors (Lipinski definition) is 1. The molecule has 0 radical (unpaired) electrons. The Kier molecular flexibility index (Phi) is 5.04. The van der Waals surface area contributed by atoms with Crippen molar-refractivity contribution in [1.29, 1.82) is 0 Å². The molecule has 0 amide bonds. The summed E-state index contributed by atoms with van der Waals surface area (Å²) in [4.78, 5) is 12.3. The third-order valence-corrected chi connectivity index (χ3v) is 6.16. The van der Waals surface area contributed by atoms with Crippen LogP contribution in [-0.4, -0.2) is 11.1 Å². The minimum Gasteiger partial charge on any atom is -0.478 e. The van der Waals surface area contributed by atoms with E-state index >= 15 is 0 Å². The van der Waals surface area contributed by atoms with Gasteiger partial charge in [0.25, 0.3) is 0 Å². The van der Waals surface area contributed by atoms with Gasteiger partial charge in [-0.1, -0.05) is 121 Å². The second-order valence-electron chi connectivity index (χ2n) is 7.86. The number of hydrogen-bond acceptors (Lipinski definition) is 1. The maximum atomic E-state index is 12.3. The molecule has 2 heteroatoms. The van der Waals surface area contributed by atoms with Gasteiger partial charge >= 0.3 is 5.97 Å². The Morgan fingerprint density at radius 3 is 1.41 bits per heavy atom. The molecule has 2 nitrogen and oxygen atoms in total. The first-order chi connectivity index (χ1) is 15.7. The van der Waals surface area contributed by atoms with Gasteiger partial charge in [0.15, 0.2) is 0 Å². The summed E-state index contributed by atoms with van der Waals surface area (Å²) < 4.78 is 0. The molecule has 0 saturated heterocycles. The number of aromatic carboxylic acids is 1. The molecule has 0 aliphatic carbocycles. The summed E-state index contributed by atoms with van der Waals surface area (Å²) in [7, 11) is 0. The fourth-order valence-electron chi connectivity index (χ4n) is 4.86. The fraction of sp³-hybridized carbons (Fsp3) is 0.0333. The van der Waals surface area contributed by atoms with Crippen LogP contribution in [0, 0.1) is 0 Å². The van der Waals surface area contributed by atoms with E-state index in [1.54, 1.807) is 6.07 Å². The number of fused-ring (bicyclic) bond motifs is 1. The Morgan fingerprint density at radius 2 is 0.969 bits per heavy atom. The number of benzene rings is 5. The van der Waals surface area contributed by atoms with Crippen LogP contribution >= 0.6 is 0 Å². The number of carbonyl (C=O) groups is 1. The summed E-state index contributed by atoms with van der Waals surface area (Å²) >= 11 is 0. The van der Waals surface area contributed by atoms with Crippen LogP contribution in [0.5, 0.6) is 0 Å². The van der Waals surface area contributed by atoms with Gasteiger partial charge in [0.05, 0.1) is 11.0 Å². The predicted octanol–water partition coefficient (Wildman–Crippen LogP) is 6.92. The lowest BCUT2D eigenvalue weighted by molar-refractivity contribution is 0.0699. The monoisotopic (exact) mass is 414 g/mol. The zero-order chi connectivity index (χ0) is 22.0.